The molecule has 0 aliphatic heterocycles. The van der Waals surface area contributed by atoms with Crippen LogP contribution in [0.25, 0.3) is 0 Å². The first-order chi connectivity index (χ1) is 8.45. The van der Waals surface area contributed by atoms with Gasteiger partial charge in [0.05, 0.1) is 16.3 Å². The molecule has 1 aromatic rings. The van der Waals surface area contributed by atoms with E-state index in [9.17, 15) is 9.59 Å². The highest BCUT2D eigenvalue weighted by Crippen LogP contribution is 2.30. The zero-order valence-electron chi connectivity index (χ0n) is 9.07. The lowest BCUT2D eigenvalue weighted by Crippen LogP contribution is -2.14. The Hall–Kier alpha value is -1.53. The number of hydrogen-bond donors (Lipinski definition) is 2. The molecule has 1 aromatic carbocycles. The molecule has 0 bridgehead atoms. The number of amides is 1. The molecule has 0 radical (unpaired) electrons. The van der Waals surface area contributed by atoms with E-state index in [0.29, 0.717) is 4.47 Å². The summed E-state index contributed by atoms with van der Waals surface area (Å²) in [5.74, 6) is -1.19. The fourth-order valence-electron chi connectivity index (χ4n) is 1.12. The molecule has 96 valence electrons. The first kappa shape index (κ1) is 14.5. The Morgan fingerprint density at radius 3 is 2.78 bits per heavy atom. The van der Waals surface area contributed by atoms with E-state index in [1.54, 1.807) is 0 Å². The second-order valence-corrected chi connectivity index (χ2v) is 4.43. The molecule has 0 saturated carbocycles. The second-order valence-electron chi connectivity index (χ2n) is 3.13. The van der Waals surface area contributed by atoms with Crippen molar-refractivity contribution in [1.29, 1.82) is 0 Å². The Morgan fingerprint density at radius 1 is 1.56 bits per heavy atom. The van der Waals surface area contributed by atoms with Gasteiger partial charge >= 0.3 is 12.1 Å². The summed E-state index contributed by atoms with van der Waals surface area (Å²) in [7, 11) is 0. The van der Waals surface area contributed by atoms with E-state index >= 15 is 0 Å². The number of ether oxygens (including phenoxy) is 1. The van der Waals surface area contributed by atoms with Gasteiger partial charge in [0.15, 0.2) is 0 Å². The van der Waals surface area contributed by atoms with Crippen molar-refractivity contribution in [2.24, 2.45) is 0 Å². The quantitative estimate of drug-likeness (QED) is 0.826. The van der Waals surface area contributed by atoms with E-state index in [1.807, 2.05) is 0 Å². The van der Waals surface area contributed by atoms with E-state index in [1.165, 1.54) is 18.2 Å². The SMILES string of the molecule is C=CCOC(=O)Nc1cc(Br)cc(C(=O)O)c1Cl. The third-order valence-corrected chi connectivity index (χ3v) is 2.70. The maximum Gasteiger partial charge on any atom is 0.411 e. The van der Waals surface area contributed by atoms with Crippen LogP contribution >= 0.6 is 27.5 Å². The van der Waals surface area contributed by atoms with Crippen LogP contribution in [-0.4, -0.2) is 23.8 Å². The molecule has 1 amide bonds. The van der Waals surface area contributed by atoms with Crippen molar-refractivity contribution in [3.63, 3.8) is 0 Å². The number of halogens is 2. The first-order valence-corrected chi connectivity index (χ1v) is 5.89. The highest BCUT2D eigenvalue weighted by Gasteiger charge is 2.16. The lowest BCUT2D eigenvalue weighted by atomic mass is 10.2. The molecule has 0 unspecified atom stereocenters. The molecule has 0 heterocycles. The molecule has 7 heteroatoms. The van der Waals surface area contributed by atoms with Crippen LogP contribution in [0.4, 0.5) is 10.5 Å². The van der Waals surface area contributed by atoms with E-state index in [4.69, 9.17) is 21.4 Å². The van der Waals surface area contributed by atoms with Crippen LogP contribution < -0.4 is 5.32 Å². The average molecular weight is 335 g/mol. The van der Waals surface area contributed by atoms with Crippen molar-refractivity contribution in [3.8, 4) is 0 Å². The number of aromatic carboxylic acids is 1. The van der Waals surface area contributed by atoms with Crippen molar-refractivity contribution in [2.45, 2.75) is 0 Å². The maximum atomic E-state index is 11.3. The van der Waals surface area contributed by atoms with Gasteiger partial charge in [0.25, 0.3) is 0 Å². The summed E-state index contributed by atoms with van der Waals surface area (Å²) in [6.07, 6.45) is 0.663. The van der Waals surface area contributed by atoms with Crippen molar-refractivity contribution in [3.05, 3.63) is 39.8 Å². The van der Waals surface area contributed by atoms with Gasteiger partial charge in [0.1, 0.15) is 6.61 Å². The van der Waals surface area contributed by atoms with E-state index in [0.717, 1.165) is 0 Å². The van der Waals surface area contributed by atoms with Crippen LogP contribution in [0, 0.1) is 0 Å². The number of carbonyl (C=O) groups excluding carboxylic acids is 1. The number of nitrogens with one attached hydrogen (secondary N) is 1. The Labute approximate surface area is 117 Å². The third kappa shape index (κ3) is 3.75. The molecule has 2 N–H and O–H groups in total. The third-order valence-electron chi connectivity index (χ3n) is 1.84. The summed E-state index contributed by atoms with van der Waals surface area (Å²) in [6.45, 7) is 3.44. The van der Waals surface area contributed by atoms with Crippen LogP contribution in [0.3, 0.4) is 0 Å². The van der Waals surface area contributed by atoms with Gasteiger partial charge in [-0.25, -0.2) is 9.59 Å². The van der Waals surface area contributed by atoms with Crippen LogP contribution in [0.1, 0.15) is 10.4 Å². The minimum absolute atomic E-state index is 0.0449. The predicted molar refractivity (Wildman–Crippen MR) is 71.3 cm³/mol. The van der Waals surface area contributed by atoms with Crippen LogP contribution in [0.5, 0.6) is 0 Å². The van der Waals surface area contributed by atoms with E-state index in [-0.39, 0.29) is 22.9 Å². The number of carboxylic acid groups (broad SMARTS) is 1. The van der Waals surface area contributed by atoms with E-state index < -0.39 is 12.1 Å². The molecule has 0 spiro atoms. The summed E-state index contributed by atoms with van der Waals surface area (Å²) < 4.78 is 5.18. The summed E-state index contributed by atoms with van der Waals surface area (Å²) >= 11 is 8.99. The number of rotatable bonds is 4. The number of anilines is 1. The largest absolute Gasteiger partial charge is 0.478 e. The van der Waals surface area contributed by atoms with Crippen LogP contribution in [0.15, 0.2) is 29.3 Å². The molecule has 0 aromatic heterocycles. The number of hydrogen-bond acceptors (Lipinski definition) is 3. The standard InChI is InChI=1S/C11H9BrClNO4/c1-2-3-18-11(17)14-8-5-6(12)4-7(9(8)13)10(15)16/h2,4-5H,1,3H2,(H,14,17)(H,15,16). The molecule has 0 atom stereocenters. The lowest BCUT2D eigenvalue weighted by molar-refractivity contribution is 0.0697. The van der Waals surface area contributed by atoms with Crippen LogP contribution in [0.2, 0.25) is 5.02 Å². The smallest absolute Gasteiger partial charge is 0.411 e. The summed E-state index contributed by atoms with van der Waals surface area (Å²) in [6, 6.07) is 2.81. The highest BCUT2D eigenvalue weighted by molar-refractivity contribution is 9.10. The molecule has 0 fully saturated rings. The minimum Gasteiger partial charge on any atom is -0.478 e. The van der Waals surface area contributed by atoms with Gasteiger partial charge in [-0.15, -0.1) is 0 Å². The number of carbonyl (C=O) groups is 2. The molecule has 18 heavy (non-hydrogen) atoms. The highest BCUT2D eigenvalue weighted by atomic mass is 79.9. The molecule has 0 aliphatic rings. The predicted octanol–water partition coefficient (Wildman–Crippen LogP) is 3.54. The van der Waals surface area contributed by atoms with Gasteiger partial charge in [-0.05, 0) is 12.1 Å². The zero-order chi connectivity index (χ0) is 13.7. The first-order valence-electron chi connectivity index (χ1n) is 4.72. The molecule has 1 rings (SSSR count). The maximum absolute atomic E-state index is 11.3. The van der Waals surface area contributed by atoms with Crippen molar-refractivity contribution in [1.82, 2.24) is 0 Å². The summed E-state index contributed by atoms with van der Waals surface area (Å²) in [4.78, 5) is 22.2. The Balaban J connectivity index is 2.98. The fraction of sp³-hybridized carbons (Fsp3) is 0.0909. The van der Waals surface area contributed by atoms with Gasteiger partial charge in [0, 0.05) is 4.47 Å². The van der Waals surface area contributed by atoms with Crippen molar-refractivity contribution >= 4 is 45.3 Å². The van der Waals surface area contributed by atoms with Crippen molar-refractivity contribution in [2.75, 3.05) is 11.9 Å². The van der Waals surface area contributed by atoms with E-state index in [2.05, 4.69) is 27.8 Å². The van der Waals surface area contributed by atoms with Gasteiger partial charge in [-0.1, -0.05) is 40.2 Å². The van der Waals surface area contributed by atoms with Crippen molar-refractivity contribution < 1.29 is 19.4 Å². The van der Waals surface area contributed by atoms with Crippen LogP contribution in [-0.2, 0) is 4.74 Å². The summed E-state index contributed by atoms with van der Waals surface area (Å²) in [5.41, 5.74) is 0.0302. The van der Waals surface area contributed by atoms with Gasteiger partial charge in [-0.2, -0.15) is 0 Å². The fourth-order valence-corrected chi connectivity index (χ4v) is 1.81. The average Bonchev–Trinajstić information content (AvgIpc) is 2.30. The Bertz CT molecular complexity index is 504. The second kappa shape index (κ2) is 6.42. The topological polar surface area (TPSA) is 75.6 Å². The normalized spacial score (nSPS) is 9.67. The monoisotopic (exact) mass is 333 g/mol. The Kier molecular flexibility index (Phi) is 5.18. The minimum atomic E-state index is -1.19. The molecular weight excluding hydrogens is 325 g/mol. The number of carboxylic acids is 1. The Morgan fingerprint density at radius 2 is 2.22 bits per heavy atom. The van der Waals surface area contributed by atoms with Gasteiger partial charge < -0.3 is 9.84 Å². The zero-order valence-corrected chi connectivity index (χ0v) is 11.4. The lowest BCUT2D eigenvalue weighted by Gasteiger charge is -2.09. The molecule has 0 saturated heterocycles. The molecular formula is C11H9BrClNO4. The number of benzene rings is 1. The van der Waals surface area contributed by atoms with Gasteiger partial charge in [-0.3, -0.25) is 5.32 Å². The molecule has 0 aliphatic carbocycles. The molecule has 5 nitrogen and oxygen atoms in total. The van der Waals surface area contributed by atoms with Gasteiger partial charge in [0.2, 0.25) is 0 Å². The summed E-state index contributed by atoms with van der Waals surface area (Å²) in [5, 5.41) is 11.2.